The number of nitrogens with zero attached hydrogens (tertiary/aromatic N) is 4. The summed E-state index contributed by atoms with van der Waals surface area (Å²) >= 11 is 8.13. The van der Waals surface area contributed by atoms with Gasteiger partial charge < -0.3 is 4.90 Å². The lowest BCUT2D eigenvalue weighted by Crippen LogP contribution is -2.42. The molecule has 1 aromatic heterocycles. The Balaban J connectivity index is 1.54. The molecule has 2 aliphatic rings. The summed E-state index contributed by atoms with van der Waals surface area (Å²) in [6.07, 6.45) is 7.64. The second-order valence-corrected chi connectivity index (χ2v) is 10.9. The number of carbonyl (C=O) groups excluding carboxylic acids is 1. The zero-order valence-electron chi connectivity index (χ0n) is 20.7. The Labute approximate surface area is 221 Å². The molecule has 3 heterocycles. The molecule has 0 radical (unpaired) electrons. The highest BCUT2D eigenvalue weighted by Gasteiger charge is 2.34. The van der Waals surface area contributed by atoms with Gasteiger partial charge in [0.2, 0.25) is 0 Å². The molecule has 0 saturated carbocycles. The average Bonchev–Trinajstić information content (AvgIpc) is 3.13. The number of carbonyl (C=O) groups is 1. The highest BCUT2D eigenvalue weighted by Crippen LogP contribution is 2.42. The predicted octanol–water partition coefficient (Wildman–Crippen LogP) is 7.17. The molecule has 2 aromatic carbocycles. The number of aromatic nitrogens is 1. The molecule has 2 aliphatic heterocycles. The topological polar surface area (TPSA) is 48.8 Å². The predicted molar refractivity (Wildman–Crippen MR) is 151 cm³/mol. The normalized spacial score (nSPS) is 19.1. The first-order valence-corrected chi connectivity index (χ1v) is 12.9. The molecule has 0 aliphatic carbocycles. The van der Waals surface area contributed by atoms with Crippen molar-refractivity contribution in [2.24, 2.45) is 4.99 Å². The molecule has 0 atom stereocenters. The number of rotatable bonds is 4. The van der Waals surface area contributed by atoms with E-state index < -0.39 is 0 Å². The van der Waals surface area contributed by atoms with Crippen LogP contribution in [0.4, 0.5) is 11.4 Å². The zero-order chi connectivity index (χ0) is 25.4. The molecule has 1 amide bonds. The molecule has 1 fully saturated rings. The van der Waals surface area contributed by atoms with Gasteiger partial charge >= 0.3 is 0 Å². The van der Waals surface area contributed by atoms with Crippen LogP contribution >= 0.6 is 23.4 Å². The van der Waals surface area contributed by atoms with E-state index in [2.05, 4.69) is 49.8 Å². The van der Waals surface area contributed by atoms with Gasteiger partial charge in [0, 0.05) is 35.7 Å². The quantitative estimate of drug-likeness (QED) is 0.346. The van der Waals surface area contributed by atoms with Gasteiger partial charge in [-0.2, -0.15) is 0 Å². The summed E-state index contributed by atoms with van der Waals surface area (Å²) in [4.78, 5) is 27.1. The number of pyridine rings is 1. The Morgan fingerprint density at radius 2 is 1.92 bits per heavy atom. The first kappa shape index (κ1) is 24.3. The summed E-state index contributed by atoms with van der Waals surface area (Å²) in [7, 11) is 2.08. The lowest BCUT2D eigenvalue weighted by Gasteiger charge is -2.40. The maximum absolute atomic E-state index is 13.6. The van der Waals surface area contributed by atoms with Crippen molar-refractivity contribution >= 4 is 57.5 Å². The summed E-state index contributed by atoms with van der Waals surface area (Å²) in [6, 6.07) is 17.6. The third-order valence-corrected chi connectivity index (χ3v) is 7.89. The maximum atomic E-state index is 13.6. The monoisotopic (exact) mass is 514 g/mol. The number of amidine groups is 1. The molecule has 5 rings (SSSR count). The average molecular weight is 515 g/mol. The van der Waals surface area contributed by atoms with Crippen LogP contribution in [0, 0.1) is 0 Å². The van der Waals surface area contributed by atoms with E-state index in [1.807, 2.05) is 54.6 Å². The Morgan fingerprint density at radius 1 is 1.14 bits per heavy atom. The van der Waals surface area contributed by atoms with Crippen LogP contribution in [0.2, 0.25) is 5.02 Å². The molecule has 5 nitrogen and oxygen atoms in total. The van der Waals surface area contributed by atoms with Crippen LogP contribution < -0.4 is 4.90 Å². The van der Waals surface area contributed by atoms with Gasteiger partial charge in [-0.3, -0.25) is 14.7 Å². The highest BCUT2D eigenvalue weighted by molar-refractivity contribution is 8.18. The van der Waals surface area contributed by atoms with E-state index in [9.17, 15) is 4.79 Å². The van der Waals surface area contributed by atoms with E-state index in [1.165, 1.54) is 17.3 Å². The van der Waals surface area contributed by atoms with E-state index >= 15 is 0 Å². The minimum absolute atomic E-state index is 0.0992. The molecule has 0 bridgehead atoms. The Kier molecular flexibility index (Phi) is 6.49. The number of anilines is 1. The zero-order valence-corrected chi connectivity index (χ0v) is 22.3. The molecule has 36 heavy (non-hydrogen) atoms. The molecule has 0 spiro atoms. The molecule has 7 heteroatoms. The van der Waals surface area contributed by atoms with E-state index in [0.29, 0.717) is 21.6 Å². The SMILES string of the molecule is CC1=CC(C)(C)N(C)c2cc(Cl)c(/C=C3/SC(=Nc4ccccc4)N(Cc4cccnc4)C3=O)cc21. The summed E-state index contributed by atoms with van der Waals surface area (Å²) in [5, 5.41) is 1.24. The number of fused-ring (bicyclic) bond motifs is 1. The van der Waals surface area contributed by atoms with E-state index in [4.69, 9.17) is 16.6 Å². The molecule has 182 valence electrons. The van der Waals surface area contributed by atoms with Crippen molar-refractivity contribution in [1.29, 1.82) is 0 Å². The third kappa shape index (κ3) is 4.71. The van der Waals surface area contributed by atoms with Crippen LogP contribution in [0.5, 0.6) is 0 Å². The second-order valence-electron chi connectivity index (χ2n) is 9.52. The van der Waals surface area contributed by atoms with Crippen LogP contribution in [0.3, 0.4) is 0 Å². The first-order valence-electron chi connectivity index (χ1n) is 11.7. The van der Waals surface area contributed by atoms with Crippen molar-refractivity contribution in [3.8, 4) is 0 Å². The number of aliphatic imine (C=N–C) groups is 1. The van der Waals surface area contributed by atoms with Gasteiger partial charge in [-0.1, -0.05) is 41.9 Å². The highest BCUT2D eigenvalue weighted by atomic mass is 35.5. The number of allylic oxidation sites excluding steroid dienone is 1. The smallest absolute Gasteiger partial charge is 0.267 e. The number of likely N-dealkylation sites (N-methyl/N-ethyl adjacent to an activating group) is 1. The summed E-state index contributed by atoms with van der Waals surface area (Å²) in [5.74, 6) is -0.0992. The first-order chi connectivity index (χ1) is 17.2. The summed E-state index contributed by atoms with van der Waals surface area (Å²) in [6.45, 7) is 6.87. The number of halogens is 1. The Bertz CT molecular complexity index is 1410. The van der Waals surface area contributed by atoms with Crippen molar-refractivity contribution in [1.82, 2.24) is 9.88 Å². The van der Waals surface area contributed by atoms with Gasteiger partial charge in [-0.05, 0) is 85.6 Å². The van der Waals surface area contributed by atoms with Crippen molar-refractivity contribution in [2.45, 2.75) is 32.9 Å². The van der Waals surface area contributed by atoms with Gasteiger partial charge in [-0.15, -0.1) is 0 Å². The van der Waals surface area contributed by atoms with Crippen LogP contribution in [-0.2, 0) is 11.3 Å². The van der Waals surface area contributed by atoms with Crippen molar-refractivity contribution in [2.75, 3.05) is 11.9 Å². The third-order valence-electron chi connectivity index (χ3n) is 6.55. The second kappa shape index (κ2) is 9.60. The van der Waals surface area contributed by atoms with E-state index in [-0.39, 0.29) is 11.4 Å². The number of benzene rings is 2. The number of hydrogen-bond donors (Lipinski definition) is 0. The van der Waals surface area contributed by atoms with Crippen molar-refractivity contribution < 1.29 is 4.79 Å². The van der Waals surface area contributed by atoms with Gasteiger partial charge in [0.15, 0.2) is 5.17 Å². The maximum Gasteiger partial charge on any atom is 0.267 e. The van der Waals surface area contributed by atoms with Crippen LogP contribution in [0.1, 0.15) is 37.5 Å². The standard InChI is InChI=1S/C29H27ClN4OS/c1-19-16-29(2,3)33(4)25-15-24(30)21(13-23(19)25)14-26-27(35)34(18-20-9-8-12-31-17-20)28(36-26)32-22-10-6-5-7-11-22/h5-17H,18H2,1-4H3/b26-14+,32-28?. The Morgan fingerprint density at radius 3 is 2.64 bits per heavy atom. The Hall–Kier alpha value is -3.35. The minimum atomic E-state index is -0.104. The number of amides is 1. The van der Waals surface area contributed by atoms with Gasteiger partial charge in [0.05, 0.1) is 22.7 Å². The fourth-order valence-electron chi connectivity index (χ4n) is 4.46. The van der Waals surface area contributed by atoms with Gasteiger partial charge in [-0.25, -0.2) is 4.99 Å². The van der Waals surface area contributed by atoms with Gasteiger partial charge in [0.25, 0.3) is 5.91 Å². The van der Waals surface area contributed by atoms with Gasteiger partial charge in [0.1, 0.15) is 0 Å². The molecule has 0 N–H and O–H groups in total. The van der Waals surface area contributed by atoms with Crippen molar-refractivity contribution in [3.63, 3.8) is 0 Å². The van der Waals surface area contributed by atoms with Crippen LogP contribution in [0.15, 0.2) is 83.0 Å². The molecule has 0 unspecified atom stereocenters. The molecular formula is C29H27ClN4OS. The molecule has 1 saturated heterocycles. The van der Waals surface area contributed by atoms with Crippen molar-refractivity contribution in [3.05, 3.63) is 99.7 Å². The largest absolute Gasteiger partial charge is 0.365 e. The lowest BCUT2D eigenvalue weighted by molar-refractivity contribution is -0.122. The number of para-hydroxylation sites is 1. The summed E-state index contributed by atoms with van der Waals surface area (Å²) < 4.78 is 0. The lowest BCUT2D eigenvalue weighted by atomic mass is 9.88. The summed E-state index contributed by atoms with van der Waals surface area (Å²) in [5.41, 5.74) is 5.84. The van der Waals surface area contributed by atoms with E-state index in [1.54, 1.807) is 17.3 Å². The molecular weight excluding hydrogens is 488 g/mol. The fraction of sp³-hybridized carbons (Fsp3) is 0.207. The van der Waals surface area contributed by atoms with Crippen LogP contribution in [-0.4, -0.2) is 33.5 Å². The van der Waals surface area contributed by atoms with Crippen LogP contribution in [0.25, 0.3) is 11.6 Å². The number of thioether (sulfide) groups is 1. The molecule has 3 aromatic rings. The fourth-order valence-corrected chi connectivity index (χ4v) is 5.66. The van der Waals surface area contributed by atoms with E-state index in [0.717, 1.165) is 28.1 Å². The number of hydrogen-bond acceptors (Lipinski definition) is 5. The minimum Gasteiger partial charge on any atom is -0.365 e.